The number of nitrogens with zero attached hydrogens (tertiary/aromatic N) is 3. The first-order valence-electron chi connectivity index (χ1n) is 9.88. The van der Waals surface area contributed by atoms with Gasteiger partial charge in [-0.05, 0) is 35.4 Å². The molecule has 0 fully saturated rings. The van der Waals surface area contributed by atoms with E-state index in [1.54, 1.807) is 32.2 Å². The molecule has 2 aromatic carbocycles. The van der Waals surface area contributed by atoms with E-state index in [-0.39, 0.29) is 10.8 Å². The summed E-state index contributed by atoms with van der Waals surface area (Å²) in [5.41, 5.74) is 2.35. The molecule has 30 heavy (non-hydrogen) atoms. The maximum absolute atomic E-state index is 12.7. The first-order valence-corrected chi connectivity index (χ1v) is 11.3. The number of hydrogen-bond donors (Lipinski definition) is 1. The average molecular weight is 427 g/mol. The molecule has 0 spiro atoms. The van der Waals surface area contributed by atoms with Crippen LogP contribution in [0.2, 0.25) is 0 Å². The Labute approximate surface area is 177 Å². The van der Waals surface area contributed by atoms with Gasteiger partial charge in [0.1, 0.15) is 0 Å². The lowest BCUT2D eigenvalue weighted by molar-refractivity contribution is 0.0950. The third-order valence-corrected chi connectivity index (χ3v) is 6.93. The number of carbonyl (C=O) groups excluding carboxylic acids is 1. The molecule has 8 heteroatoms. The Morgan fingerprint density at radius 1 is 1.03 bits per heavy atom. The molecule has 3 rings (SSSR count). The Balaban J connectivity index is 1.74. The van der Waals surface area contributed by atoms with Crippen LogP contribution in [0.5, 0.6) is 0 Å². The van der Waals surface area contributed by atoms with Gasteiger partial charge in [0.25, 0.3) is 5.91 Å². The highest BCUT2D eigenvalue weighted by molar-refractivity contribution is 7.89. The van der Waals surface area contributed by atoms with E-state index in [1.165, 1.54) is 16.4 Å². The molecule has 0 unspecified atom stereocenters. The van der Waals surface area contributed by atoms with Crippen molar-refractivity contribution in [1.29, 1.82) is 0 Å². The minimum atomic E-state index is -3.62. The summed E-state index contributed by atoms with van der Waals surface area (Å²) in [4.78, 5) is 12.8. The Kier molecular flexibility index (Phi) is 7.02. The summed E-state index contributed by atoms with van der Waals surface area (Å²) in [6, 6.07) is 15.9. The summed E-state index contributed by atoms with van der Waals surface area (Å²) in [6.07, 6.45) is 3.61. The first kappa shape index (κ1) is 21.7. The van der Waals surface area contributed by atoms with Gasteiger partial charge in [-0.15, -0.1) is 0 Å². The van der Waals surface area contributed by atoms with Crippen molar-refractivity contribution in [3.05, 3.63) is 83.7 Å². The highest BCUT2D eigenvalue weighted by Crippen LogP contribution is 2.17. The highest BCUT2D eigenvalue weighted by atomic mass is 32.2. The predicted molar refractivity (Wildman–Crippen MR) is 115 cm³/mol. The summed E-state index contributed by atoms with van der Waals surface area (Å²) in [6.45, 7) is 5.28. The minimum Gasteiger partial charge on any atom is -0.348 e. The SMILES string of the molecule is CCN(CC)S(=O)(=O)c1cccc(C(=O)NCc2ccccc2Cn2cccn2)c1. The van der Waals surface area contributed by atoms with Gasteiger partial charge in [0.05, 0.1) is 11.4 Å². The summed E-state index contributed by atoms with van der Waals surface area (Å²) >= 11 is 0. The fraction of sp³-hybridized carbons (Fsp3) is 0.273. The lowest BCUT2D eigenvalue weighted by atomic mass is 10.1. The topological polar surface area (TPSA) is 84.3 Å². The molecule has 0 aliphatic rings. The van der Waals surface area contributed by atoms with Gasteiger partial charge >= 0.3 is 0 Å². The second-order valence-corrected chi connectivity index (χ2v) is 8.71. The van der Waals surface area contributed by atoms with E-state index in [4.69, 9.17) is 0 Å². The molecule has 1 amide bonds. The molecule has 0 aliphatic carbocycles. The predicted octanol–water partition coefficient (Wildman–Crippen LogP) is 2.89. The monoisotopic (exact) mass is 426 g/mol. The van der Waals surface area contributed by atoms with E-state index in [9.17, 15) is 13.2 Å². The maximum Gasteiger partial charge on any atom is 0.251 e. The molecule has 3 aromatic rings. The fourth-order valence-electron chi connectivity index (χ4n) is 3.24. The van der Waals surface area contributed by atoms with E-state index in [1.807, 2.05) is 41.2 Å². The quantitative estimate of drug-likeness (QED) is 0.570. The molecule has 0 saturated heterocycles. The van der Waals surface area contributed by atoms with Crippen LogP contribution in [0.1, 0.15) is 35.3 Å². The Hall–Kier alpha value is -2.97. The molecule has 7 nitrogen and oxygen atoms in total. The van der Waals surface area contributed by atoms with Crippen molar-refractivity contribution in [3.63, 3.8) is 0 Å². The van der Waals surface area contributed by atoms with Crippen LogP contribution in [0, 0.1) is 0 Å². The average Bonchev–Trinajstić information content (AvgIpc) is 3.27. The molecule has 158 valence electrons. The van der Waals surface area contributed by atoms with Crippen molar-refractivity contribution in [1.82, 2.24) is 19.4 Å². The van der Waals surface area contributed by atoms with Gasteiger partial charge in [-0.25, -0.2) is 8.42 Å². The van der Waals surface area contributed by atoms with E-state index >= 15 is 0 Å². The molecule has 0 aliphatic heterocycles. The van der Waals surface area contributed by atoms with Gasteiger partial charge in [0.15, 0.2) is 0 Å². The molecule has 1 N–H and O–H groups in total. The number of hydrogen-bond acceptors (Lipinski definition) is 4. The van der Waals surface area contributed by atoms with E-state index in [0.29, 0.717) is 31.7 Å². The van der Waals surface area contributed by atoms with Gasteiger partial charge < -0.3 is 5.32 Å². The van der Waals surface area contributed by atoms with Crippen molar-refractivity contribution in [2.45, 2.75) is 31.8 Å². The second-order valence-electron chi connectivity index (χ2n) is 6.77. The molecule has 0 radical (unpaired) electrons. The Morgan fingerprint density at radius 3 is 2.43 bits per heavy atom. The van der Waals surface area contributed by atoms with Crippen molar-refractivity contribution in [2.75, 3.05) is 13.1 Å². The minimum absolute atomic E-state index is 0.123. The van der Waals surface area contributed by atoms with Crippen LogP contribution in [0.4, 0.5) is 0 Å². The summed E-state index contributed by atoms with van der Waals surface area (Å²) in [5, 5.41) is 7.12. The summed E-state index contributed by atoms with van der Waals surface area (Å²) < 4.78 is 28.7. The Bertz CT molecular complexity index is 1090. The maximum atomic E-state index is 12.7. The van der Waals surface area contributed by atoms with Gasteiger partial charge in [-0.1, -0.05) is 44.2 Å². The van der Waals surface area contributed by atoms with Crippen molar-refractivity contribution < 1.29 is 13.2 Å². The zero-order valence-corrected chi connectivity index (χ0v) is 18.0. The van der Waals surface area contributed by atoms with Crippen LogP contribution < -0.4 is 5.32 Å². The van der Waals surface area contributed by atoms with Crippen LogP contribution >= 0.6 is 0 Å². The van der Waals surface area contributed by atoms with Crippen molar-refractivity contribution in [2.24, 2.45) is 0 Å². The van der Waals surface area contributed by atoms with Gasteiger partial charge in [-0.3, -0.25) is 9.48 Å². The van der Waals surface area contributed by atoms with Gasteiger partial charge in [-0.2, -0.15) is 9.40 Å². The molecule has 0 atom stereocenters. The van der Waals surface area contributed by atoms with Crippen LogP contribution in [0.3, 0.4) is 0 Å². The van der Waals surface area contributed by atoms with Crippen LogP contribution in [-0.2, 0) is 23.1 Å². The van der Waals surface area contributed by atoms with Crippen molar-refractivity contribution >= 4 is 15.9 Å². The molecular formula is C22H26N4O3S. The summed E-state index contributed by atoms with van der Waals surface area (Å²) in [7, 11) is -3.62. The zero-order chi connectivity index (χ0) is 21.6. The molecular weight excluding hydrogens is 400 g/mol. The number of amides is 1. The number of sulfonamides is 1. The van der Waals surface area contributed by atoms with Gasteiger partial charge in [0.2, 0.25) is 10.0 Å². The second kappa shape index (κ2) is 9.69. The number of rotatable bonds is 9. The lowest BCUT2D eigenvalue weighted by Crippen LogP contribution is -2.31. The number of carbonyl (C=O) groups is 1. The number of nitrogens with one attached hydrogen (secondary N) is 1. The van der Waals surface area contributed by atoms with Crippen LogP contribution in [0.25, 0.3) is 0 Å². The lowest BCUT2D eigenvalue weighted by Gasteiger charge is -2.18. The third-order valence-electron chi connectivity index (χ3n) is 4.89. The van der Waals surface area contributed by atoms with Gasteiger partial charge in [0, 0.05) is 37.6 Å². The van der Waals surface area contributed by atoms with E-state index in [0.717, 1.165) is 11.1 Å². The molecule has 1 heterocycles. The molecule has 0 saturated carbocycles. The summed E-state index contributed by atoms with van der Waals surface area (Å²) in [5.74, 6) is -0.319. The normalized spacial score (nSPS) is 11.6. The van der Waals surface area contributed by atoms with Crippen LogP contribution in [0.15, 0.2) is 71.9 Å². The van der Waals surface area contributed by atoms with E-state index < -0.39 is 10.0 Å². The number of benzene rings is 2. The molecule has 0 bridgehead atoms. The third kappa shape index (κ3) is 4.95. The van der Waals surface area contributed by atoms with Crippen molar-refractivity contribution in [3.8, 4) is 0 Å². The fourth-order valence-corrected chi connectivity index (χ4v) is 4.75. The molecule has 1 aromatic heterocycles. The smallest absolute Gasteiger partial charge is 0.251 e. The number of aromatic nitrogens is 2. The first-order chi connectivity index (χ1) is 14.5. The van der Waals surface area contributed by atoms with Crippen LogP contribution in [-0.4, -0.2) is 41.5 Å². The largest absolute Gasteiger partial charge is 0.348 e. The highest BCUT2D eigenvalue weighted by Gasteiger charge is 2.22. The standard InChI is InChI=1S/C22H26N4O3S/c1-3-26(4-2)30(28,29)21-12-7-11-18(15-21)22(27)23-16-19-9-5-6-10-20(19)17-25-14-8-13-24-25/h5-15H,3-4,16-17H2,1-2H3,(H,23,27). The Morgan fingerprint density at radius 2 is 1.77 bits per heavy atom. The zero-order valence-electron chi connectivity index (χ0n) is 17.2. The van der Waals surface area contributed by atoms with E-state index in [2.05, 4.69) is 10.4 Å².